The zero-order valence-electron chi connectivity index (χ0n) is 7.99. The molecule has 0 N–H and O–H groups in total. The van der Waals surface area contributed by atoms with Crippen molar-refractivity contribution >= 4 is 5.78 Å². The highest BCUT2D eigenvalue weighted by molar-refractivity contribution is 5.79. The van der Waals surface area contributed by atoms with Gasteiger partial charge in [0.2, 0.25) is 0 Å². The number of ketones is 1. The van der Waals surface area contributed by atoms with Crippen molar-refractivity contribution in [2.24, 2.45) is 0 Å². The Balaban J connectivity index is 2.39. The molecule has 1 atom stereocenters. The van der Waals surface area contributed by atoms with Crippen molar-refractivity contribution in [1.29, 1.82) is 0 Å². The normalized spacial score (nSPS) is 12.5. The third kappa shape index (κ3) is 3.38. The molecule has 0 unspecified atom stereocenters. The van der Waals surface area contributed by atoms with Crippen molar-refractivity contribution < 1.29 is 9.53 Å². The summed E-state index contributed by atoms with van der Waals surface area (Å²) in [5.74, 6) is 0.0657. The van der Waals surface area contributed by atoms with E-state index in [1.54, 1.807) is 6.92 Å². The number of carbonyl (C=O) groups excluding carboxylic acids is 1. The summed E-state index contributed by atoms with van der Waals surface area (Å²) in [6.07, 6.45) is -0.305. The van der Waals surface area contributed by atoms with Crippen molar-refractivity contribution in [2.75, 3.05) is 0 Å². The smallest absolute Gasteiger partial charge is 0.158 e. The summed E-state index contributed by atoms with van der Waals surface area (Å²) < 4.78 is 5.34. The lowest BCUT2D eigenvalue weighted by atomic mass is 10.2. The van der Waals surface area contributed by atoms with Crippen molar-refractivity contribution in [1.82, 2.24) is 0 Å². The monoisotopic (exact) mass is 178 g/mol. The van der Waals surface area contributed by atoms with Crippen LogP contribution in [0.15, 0.2) is 30.3 Å². The summed E-state index contributed by atoms with van der Waals surface area (Å²) in [5.41, 5.74) is 1.09. The second-order valence-corrected chi connectivity index (χ2v) is 3.05. The van der Waals surface area contributed by atoms with Crippen LogP contribution >= 0.6 is 0 Å². The van der Waals surface area contributed by atoms with Crippen LogP contribution in [-0.4, -0.2) is 11.9 Å². The van der Waals surface area contributed by atoms with Crippen molar-refractivity contribution in [2.45, 2.75) is 26.6 Å². The Hall–Kier alpha value is -1.15. The van der Waals surface area contributed by atoms with E-state index >= 15 is 0 Å². The van der Waals surface area contributed by atoms with Crippen LogP contribution < -0.4 is 0 Å². The molecule has 0 aliphatic rings. The minimum atomic E-state index is -0.305. The molecule has 0 aromatic heterocycles. The predicted octanol–water partition coefficient (Wildman–Crippen LogP) is 2.18. The first-order valence-electron chi connectivity index (χ1n) is 4.36. The standard InChI is InChI=1S/C11H14O2/c1-9(12)10(2)13-8-11-6-4-3-5-7-11/h3-7,10H,8H2,1-2H3/t10-/m0/s1. The fourth-order valence-corrected chi connectivity index (χ4v) is 0.913. The molecule has 0 heterocycles. The number of benzene rings is 1. The molecule has 1 rings (SSSR count). The molecule has 0 spiro atoms. The Morgan fingerprint density at radius 3 is 2.54 bits per heavy atom. The lowest BCUT2D eigenvalue weighted by molar-refractivity contribution is -0.127. The van der Waals surface area contributed by atoms with Crippen LogP contribution in [0.3, 0.4) is 0 Å². The average molecular weight is 178 g/mol. The van der Waals surface area contributed by atoms with Crippen LogP contribution in [-0.2, 0) is 16.1 Å². The summed E-state index contributed by atoms with van der Waals surface area (Å²) in [6, 6.07) is 9.83. The molecule has 0 aliphatic heterocycles. The molecule has 2 heteroatoms. The molecular formula is C11H14O2. The third-order valence-corrected chi connectivity index (χ3v) is 1.92. The maximum absolute atomic E-state index is 10.8. The average Bonchev–Trinajstić information content (AvgIpc) is 2.15. The zero-order valence-corrected chi connectivity index (χ0v) is 7.99. The maximum Gasteiger partial charge on any atom is 0.158 e. The molecule has 13 heavy (non-hydrogen) atoms. The summed E-state index contributed by atoms with van der Waals surface area (Å²) in [4.78, 5) is 10.8. The molecule has 0 bridgehead atoms. The van der Waals surface area contributed by atoms with Gasteiger partial charge < -0.3 is 4.74 Å². The minimum absolute atomic E-state index is 0.0657. The van der Waals surface area contributed by atoms with Crippen LogP contribution in [0, 0.1) is 0 Å². The van der Waals surface area contributed by atoms with E-state index in [0.29, 0.717) is 6.61 Å². The van der Waals surface area contributed by atoms with E-state index < -0.39 is 0 Å². The Kier molecular flexibility index (Phi) is 3.65. The molecule has 0 fully saturated rings. The molecule has 0 saturated carbocycles. The second kappa shape index (κ2) is 4.77. The molecule has 70 valence electrons. The van der Waals surface area contributed by atoms with E-state index in [2.05, 4.69) is 0 Å². The molecule has 1 aromatic carbocycles. The number of hydrogen-bond acceptors (Lipinski definition) is 2. The van der Waals surface area contributed by atoms with E-state index in [4.69, 9.17) is 4.74 Å². The van der Waals surface area contributed by atoms with Crippen LogP contribution in [0.1, 0.15) is 19.4 Å². The van der Waals surface area contributed by atoms with Gasteiger partial charge in [-0.2, -0.15) is 0 Å². The molecule has 0 amide bonds. The van der Waals surface area contributed by atoms with Crippen LogP contribution in [0.25, 0.3) is 0 Å². The number of hydrogen-bond donors (Lipinski definition) is 0. The van der Waals surface area contributed by atoms with Crippen molar-refractivity contribution in [3.63, 3.8) is 0 Å². The predicted molar refractivity (Wildman–Crippen MR) is 51.4 cm³/mol. The van der Waals surface area contributed by atoms with Crippen LogP contribution in [0.5, 0.6) is 0 Å². The largest absolute Gasteiger partial charge is 0.366 e. The summed E-state index contributed by atoms with van der Waals surface area (Å²) in [7, 11) is 0. The van der Waals surface area contributed by atoms with Gasteiger partial charge in [-0.3, -0.25) is 4.79 Å². The summed E-state index contributed by atoms with van der Waals surface area (Å²) in [6.45, 7) is 3.81. The number of ether oxygens (including phenoxy) is 1. The molecule has 1 aromatic rings. The van der Waals surface area contributed by atoms with Gasteiger partial charge in [0.25, 0.3) is 0 Å². The quantitative estimate of drug-likeness (QED) is 0.706. The van der Waals surface area contributed by atoms with E-state index in [1.807, 2.05) is 30.3 Å². The molecule has 0 saturated heterocycles. The van der Waals surface area contributed by atoms with E-state index in [0.717, 1.165) is 5.56 Å². The van der Waals surface area contributed by atoms with E-state index in [1.165, 1.54) is 6.92 Å². The first-order chi connectivity index (χ1) is 6.20. The Morgan fingerprint density at radius 2 is 2.00 bits per heavy atom. The summed E-state index contributed by atoms with van der Waals surface area (Å²) >= 11 is 0. The van der Waals surface area contributed by atoms with Gasteiger partial charge in [0.05, 0.1) is 6.61 Å². The fraction of sp³-hybridized carbons (Fsp3) is 0.364. The van der Waals surface area contributed by atoms with Crippen LogP contribution in [0.2, 0.25) is 0 Å². The minimum Gasteiger partial charge on any atom is -0.366 e. The lowest BCUT2D eigenvalue weighted by Gasteiger charge is -2.08. The first kappa shape index (κ1) is 9.93. The van der Waals surface area contributed by atoms with E-state index in [-0.39, 0.29) is 11.9 Å². The van der Waals surface area contributed by atoms with Gasteiger partial charge in [-0.05, 0) is 19.4 Å². The zero-order chi connectivity index (χ0) is 9.68. The van der Waals surface area contributed by atoms with Gasteiger partial charge in [-0.25, -0.2) is 0 Å². The third-order valence-electron chi connectivity index (χ3n) is 1.92. The second-order valence-electron chi connectivity index (χ2n) is 3.05. The van der Waals surface area contributed by atoms with Crippen LogP contribution in [0.4, 0.5) is 0 Å². The van der Waals surface area contributed by atoms with E-state index in [9.17, 15) is 4.79 Å². The highest BCUT2D eigenvalue weighted by Gasteiger charge is 2.06. The molecule has 2 nitrogen and oxygen atoms in total. The molecular weight excluding hydrogens is 164 g/mol. The van der Waals surface area contributed by atoms with Gasteiger partial charge >= 0.3 is 0 Å². The highest BCUT2D eigenvalue weighted by atomic mass is 16.5. The number of Topliss-reactive ketones (excluding diaryl/α,β-unsaturated/α-hetero) is 1. The van der Waals surface area contributed by atoms with Crippen molar-refractivity contribution in [3.05, 3.63) is 35.9 Å². The highest BCUT2D eigenvalue weighted by Crippen LogP contribution is 2.03. The molecule has 0 radical (unpaired) electrons. The van der Waals surface area contributed by atoms with Crippen molar-refractivity contribution in [3.8, 4) is 0 Å². The van der Waals surface area contributed by atoms with Gasteiger partial charge in [0.15, 0.2) is 5.78 Å². The Labute approximate surface area is 78.5 Å². The maximum atomic E-state index is 10.8. The topological polar surface area (TPSA) is 26.3 Å². The summed E-state index contributed by atoms with van der Waals surface area (Å²) in [5, 5.41) is 0. The molecule has 0 aliphatic carbocycles. The van der Waals surface area contributed by atoms with Gasteiger partial charge in [0, 0.05) is 0 Å². The fourth-order valence-electron chi connectivity index (χ4n) is 0.913. The number of rotatable bonds is 4. The first-order valence-corrected chi connectivity index (χ1v) is 4.36. The van der Waals surface area contributed by atoms with Gasteiger partial charge in [-0.15, -0.1) is 0 Å². The Morgan fingerprint density at radius 1 is 1.38 bits per heavy atom. The SMILES string of the molecule is CC(=O)[C@H](C)OCc1ccccc1. The Bertz CT molecular complexity index is 267. The van der Waals surface area contributed by atoms with Gasteiger partial charge in [0.1, 0.15) is 6.10 Å². The van der Waals surface area contributed by atoms with Gasteiger partial charge in [-0.1, -0.05) is 30.3 Å². The number of carbonyl (C=O) groups is 1. The lowest BCUT2D eigenvalue weighted by Crippen LogP contribution is -2.17.